The second kappa shape index (κ2) is 6.06. The largest absolute Gasteiger partial charge is 0.478 e. The molecule has 1 aromatic rings. The number of benzene rings is 1. The topological polar surface area (TPSA) is 57.6 Å². The van der Waals surface area contributed by atoms with Crippen LogP contribution in [0.1, 0.15) is 23.2 Å². The number of halogens is 1. The third-order valence-electron chi connectivity index (χ3n) is 2.99. The summed E-state index contributed by atoms with van der Waals surface area (Å²) in [6, 6.07) is 3.59. The van der Waals surface area contributed by atoms with Crippen molar-refractivity contribution in [2.24, 2.45) is 0 Å². The van der Waals surface area contributed by atoms with Gasteiger partial charge in [-0.25, -0.2) is 9.18 Å². The van der Waals surface area contributed by atoms with E-state index < -0.39 is 11.8 Å². The molecule has 1 heterocycles. The van der Waals surface area contributed by atoms with Gasteiger partial charge in [-0.3, -0.25) is 4.79 Å². The molecule has 1 aromatic carbocycles. The third kappa shape index (κ3) is 3.47. The van der Waals surface area contributed by atoms with Crippen molar-refractivity contribution >= 4 is 23.6 Å². The Morgan fingerprint density at radius 3 is 2.63 bits per heavy atom. The van der Waals surface area contributed by atoms with Gasteiger partial charge in [0.2, 0.25) is 5.91 Å². The van der Waals surface area contributed by atoms with E-state index in [0.717, 1.165) is 43.8 Å². The highest BCUT2D eigenvalue weighted by molar-refractivity contribution is 8.00. The highest BCUT2D eigenvalue weighted by Crippen LogP contribution is 2.24. The molecule has 19 heavy (non-hydrogen) atoms. The molecular formula is C13H14FNO3S. The summed E-state index contributed by atoms with van der Waals surface area (Å²) < 4.78 is 13.5. The van der Waals surface area contributed by atoms with E-state index in [1.165, 1.54) is 12.1 Å². The van der Waals surface area contributed by atoms with Gasteiger partial charge < -0.3 is 10.0 Å². The molecule has 1 saturated heterocycles. The highest BCUT2D eigenvalue weighted by Gasteiger charge is 2.18. The number of thioether (sulfide) groups is 1. The van der Waals surface area contributed by atoms with Crippen LogP contribution in [0.5, 0.6) is 0 Å². The van der Waals surface area contributed by atoms with Crippen molar-refractivity contribution in [1.29, 1.82) is 0 Å². The van der Waals surface area contributed by atoms with E-state index in [2.05, 4.69) is 0 Å². The lowest BCUT2D eigenvalue weighted by molar-refractivity contribution is -0.127. The molecule has 102 valence electrons. The number of carbonyl (C=O) groups is 2. The number of carboxylic acids is 1. The maximum Gasteiger partial charge on any atom is 0.335 e. The van der Waals surface area contributed by atoms with Crippen molar-refractivity contribution in [3.63, 3.8) is 0 Å². The van der Waals surface area contributed by atoms with E-state index in [1.54, 1.807) is 4.90 Å². The van der Waals surface area contributed by atoms with Crippen molar-refractivity contribution in [2.45, 2.75) is 17.7 Å². The summed E-state index contributed by atoms with van der Waals surface area (Å²) in [6.07, 6.45) is 2.03. The lowest BCUT2D eigenvalue weighted by atomic mass is 10.2. The van der Waals surface area contributed by atoms with Crippen LogP contribution in [0.25, 0.3) is 0 Å². The lowest BCUT2D eigenvalue weighted by Crippen LogP contribution is -2.29. The number of carbonyl (C=O) groups excluding carboxylic acids is 1. The number of hydrogen-bond donors (Lipinski definition) is 1. The minimum Gasteiger partial charge on any atom is -0.478 e. The number of likely N-dealkylation sites (tertiary alicyclic amines) is 1. The normalized spacial score (nSPS) is 14.7. The number of carboxylic acid groups (broad SMARTS) is 1. The van der Waals surface area contributed by atoms with E-state index in [4.69, 9.17) is 5.11 Å². The summed E-state index contributed by atoms with van der Waals surface area (Å²) in [7, 11) is 0. The van der Waals surface area contributed by atoms with Gasteiger partial charge in [-0.1, -0.05) is 0 Å². The molecule has 6 heteroatoms. The third-order valence-corrected chi connectivity index (χ3v) is 4.00. The Morgan fingerprint density at radius 2 is 2.00 bits per heavy atom. The SMILES string of the molecule is O=C(O)c1ccc(F)c(SCC(=O)N2CCCC2)c1. The fourth-order valence-electron chi connectivity index (χ4n) is 1.94. The molecule has 0 aliphatic carbocycles. The fourth-order valence-corrected chi connectivity index (χ4v) is 2.82. The van der Waals surface area contributed by atoms with Gasteiger partial charge in [0.05, 0.1) is 11.3 Å². The first-order valence-corrected chi connectivity index (χ1v) is 7.00. The summed E-state index contributed by atoms with van der Waals surface area (Å²) >= 11 is 1.04. The first-order valence-electron chi connectivity index (χ1n) is 6.01. The van der Waals surface area contributed by atoms with Gasteiger partial charge in [-0.05, 0) is 31.0 Å². The molecular weight excluding hydrogens is 269 g/mol. The van der Waals surface area contributed by atoms with Gasteiger partial charge in [-0.2, -0.15) is 0 Å². The molecule has 1 N–H and O–H groups in total. The average molecular weight is 283 g/mol. The van der Waals surface area contributed by atoms with Crippen LogP contribution in [0.15, 0.2) is 23.1 Å². The molecule has 1 aliphatic heterocycles. The molecule has 4 nitrogen and oxygen atoms in total. The first-order chi connectivity index (χ1) is 9.08. The molecule has 0 atom stereocenters. The van der Waals surface area contributed by atoms with Crippen LogP contribution < -0.4 is 0 Å². The molecule has 1 aliphatic rings. The van der Waals surface area contributed by atoms with Crippen LogP contribution in [0, 0.1) is 5.82 Å². The Bertz CT molecular complexity index is 501. The Kier molecular flexibility index (Phi) is 4.42. The van der Waals surface area contributed by atoms with E-state index in [9.17, 15) is 14.0 Å². The van der Waals surface area contributed by atoms with E-state index in [-0.39, 0.29) is 22.1 Å². The molecule has 2 rings (SSSR count). The maximum atomic E-state index is 13.5. The smallest absolute Gasteiger partial charge is 0.335 e. The summed E-state index contributed by atoms with van der Waals surface area (Å²) in [4.78, 5) is 24.6. The number of amides is 1. The van der Waals surface area contributed by atoms with Gasteiger partial charge in [-0.15, -0.1) is 11.8 Å². The van der Waals surface area contributed by atoms with E-state index >= 15 is 0 Å². The standard InChI is InChI=1S/C13H14FNO3S/c14-10-4-3-9(13(17)18)7-11(10)19-8-12(16)15-5-1-2-6-15/h3-4,7H,1-2,5-6,8H2,(H,17,18). The van der Waals surface area contributed by atoms with E-state index in [1.807, 2.05) is 0 Å². The predicted octanol–water partition coefficient (Wildman–Crippen LogP) is 2.24. The van der Waals surface area contributed by atoms with Gasteiger partial charge >= 0.3 is 5.97 Å². The molecule has 0 spiro atoms. The Labute approximate surface area is 114 Å². The van der Waals surface area contributed by atoms with Crippen LogP contribution in [0.4, 0.5) is 4.39 Å². The maximum absolute atomic E-state index is 13.5. The van der Waals surface area contributed by atoms with Gasteiger partial charge in [0.25, 0.3) is 0 Å². The first kappa shape index (κ1) is 13.9. The molecule has 0 aromatic heterocycles. The average Bonchev–Trinajstić information content (AvgIpc) is 2.91. The molecule has 0 unspecified atom stereocenters. The van der Waals surface area contributed by atoms with Gasteiger partial charge in [0, 0.05) is 18.0 Å². The zero-order chi connectivity index (χ0) is 13.8. The predicted molar refractivity (Wildman–Crippen MR) is 69.9 cm³/mol. The summed E-state index contributed by atoms with van der Waals surface area (Å²) in [5.74, 6) is -1.49. The Morgan fingerprint density at radius 1 is 1.32 bits per heavy atom. The van der Waals surface area contributed by atoms with Crippen molar-refractivity contribution < 1.29 is 19.1 Å². The quantitative estimate of drug-likeness (QED) is 0.861. The molecule has 1 fully saturated rings. The lowest BCUT2D eigenvalue weighted by Gasteiger charge is -2.14. The van der Waals surface area contributed by atoms with Crippen molar-refractivity contribution in [3.05, 3.63) is 29.6 Å². The van der Waals surface area contributed by atoms with Crippen molar-refractivity contribution in [1.82, 2.24) is 4.90 Å². The van der Waals surface area contributed by atoms with Crippen LogP contribution in [0.2, 0.25) is 0 Å². The molecule has 0 bridgehead atoms. The Hall–Kier alpha value is -1.56. The van der Waals surface area contributed by atoms with Crippen LogP contribution >= 0.6 is 11.8 Å². The van der Waals surface area contributed by atoms with Gasteiger partial charge in [0.1, 0.15) is 5.82 Å². The number of nitrogens with zero attached hydrogens (tertiary/aromatic N) is 1. The van der Waals surface area contributed by atoms with E-state index in [0.29, 0.717) is 0 Å². The van der Waals surface area contributed by atoms with Crippen LogP contribution in [0.3, 0.4) is 0 Å². The fraction of sp³-hybridized carbons (Fsp3) is 0.385. The number of rotatable bonds is 4. The van der Waals surface area contributed by atoms with Crippen LogP contribution in [-0.4, -0.2) is 40.7 Å². The monoisotopic (exact) mass is 283 g/mol. The second-order valence-corrected chi connectivity index (χ2v) is 5.34. The van der Waals surface area contributed by atoms with Crippen molar-refractivity contribution in [2.75, 3.05) is 18.8 Å². The highest BCUT2D eigenvalue weighted by atomic mass is 32.2. The second-order valence-electron chi connectivity index (χ2n) is 4.33. The number of aromatic carboxylic acids is 1. The molecule has 0 radical (unpaired) electrons. The van der Waals surface area contributed by atoms with Crippen molar-refractivity contribution in [3.8, 4) is 0 Å². The summed E-state index contributed by atoms with van der Waals surface area (Å²) in [5.41, 5.74) is 0.0255. The Balaban J connectivity index is 2.00. The minimum atomic E-state index is -1.10. The molecule has 0 saturated carbocycles. The van der Waals surface area contributed by atoms with Crippen LogP contribution in [-0.2, 0) is 4.79 Å². The zero-order valence-electron chi connectivity index (χ0n) is 10.3. The summed E-state index contributed by atoms with van der Waals surface area (Å²) in [5, 5.41) is 8.84. The minimum absolute atomic E-state index is 0.0253. The zero-order valence-corrected chi connectivity index (χ0v) is 11.1. The number of hydrogen-bond acceptors (Lipinski definition) is 3. The summed E-state index contributed by atoms with van der Waals surface area (Å²) in [6.45, 7) is 1.52. The van der Waals surface area contributed by atoms with Gasteiger partial charge in [0.15, 0.2) is 0 Å². The molecule has 1 amide bonds.